The zero-order valence-electron chi connectivity index (χ0n) is 18.7. The molecule has 2 amide bonds. The first-order chi connectivity index (χ1) is 16.1. The smallest absolute Gasteiger partial charge is 0.328 e. The third-order valence-corrected chi connectivity index (χ3v) is 6.26. The van der Waals surface area contributed by atoms with E-state index in [1.54, 1.807) is 0 Å². The molecular weight excluding hydrogens is 416 g/mol. The lowest BCUT2D eigenvalue weighted by Crippen LogP contribution is -2.48. The van der Waals surface area contributed by atoms with E-state index < -0.39 is 12.0 Å². The molecule has 3 aromatic carbocycles. The van der Waals surface area contributed by atoms with E-state index in [2.05, 4.69) is 5.32 Å². The SMILES string of the molecule is COC(=O)C(Cc1ccccc1)NC(=O)C1CCN(C(=O)c2cccc3ccccc23)CC1. The summed E-state index contributed by atoms with van der Waals surface area (Å²) >= 11 is 0. The van der Waals surface area contributed by atoms with E-state index in [1.807, 2.05) is 77.7 Å². The van der Waals surface area contributed by atoms with Crippen LogP contribution in [0.15, 0.2) is 72.8 Å². The first-order valence-electron chi connectivity index (χ1n) is 11.3. The van der Waals surface area contributed by atoms with E-state index in [0.29, 0.717) is 37.9 Å². The molecule has 0 radical (unpaired) electrons. The lowest BCUT2D eigenvalue weighted by Gasteiger charge is -2.32. The number of piperidine rings is 1. The Morgan fingerprint density at radius 1 is 0.939 bits per heavy atom. The molecule has 0 saturated carbocycles. The Labute approximate surface area is 193 Å². The third kappa shape index (κ3) is 5.22. The van der Waals surface area contributed by atoms with E-state index >= 15 is 0 Å². The second-order valence-corrected chi connectivity index (χ2v) is 8.37. The number of rotatable bonds is 6. The van der Waals surface area contributed by atoms with E-state index in [-0.39, 0.29) is 17.7 Å². The molecule has 170 valence electrons. The quantitative estimate of drug-likeness (QED) is 0.590. The molecule has 0 aliphatic carbocycles. The number of hydrogen-bond acceptors (Lipinski definition) is 4. The van der Waals surface area contributed by atoms with Gasteiger partial charge in [-0.2, -0.15) is 0 Å². The lowest BCUT2D eigenvalue weighted by molar-refractivity contribution is -0.145. The van der Waals surface area contributed by atoms with Gasteiger partial charge in [0.2, 0.25) is 5.91 Å². The molecule has 1 aliphatic rings. The van der Waals surface area contributed by atoms with E-state index in [1.165, 1.54) is 7.11 Å². The Morgan fingerprint density at radius 2 is 1.61 bits per heavy atom. The number of ether oxygens (including phenoxy) is 1. The van der Waals surface area contributed by atoms with Gasteiger partial charge in [0.1, 0.15) is 6.04 Å². The number of carbonyl (C=O) groups is 3. The van der Waals surface area contributed by atoms with Crippen LogP contribution in [-0.4, -0.2) is 48.9 Å². The molecule has 1 unspecified atom stereocenters. The predicted molar refractivity (Wildman–Crippen MR) is 127 cm³/mol. The van der Waals surface area contributed by atoms with Gasteiger partial charge in [-0.05, 0) is 35.2 Å². The largest absolute Gasteiger partial charge is 0.467 e. The minimum atomic E-state index is -0.736. The highest BCUT2D eigenvalue weighted by atomic mass is 16.5. The number of hydrogen-bond donors (Lipinski definition) is 1. The fourth-order valence-electron chi connectivity index (χ4n) is 4.40. The van der Waals surface area contributed by atoms with E-state index in [9.17, 15) is 14.4 Å². The summed E-state index contributed by atoms with van der Waals surface area (Å²) in [4.78, 5) is 40.1. The first-order valence-corrected chi connectivity index (χ1v) is 11.3. The summed E-state index contributed by atoms with van der Waals surface area (Å²) in [6.45, 7) is 1.00. The van der Waals surface area contributed by atoms with Crippen LogP contribution in [0.5, 0.6) is 0 Å². The molecule has 1 N–H and O–H groups in total. The number of esters is 1. The lowest BCUT2D eigenvalue weighted by atomic mass is 9.94. The fraction of sp³-hybridized carbons (Fsp3) is 0.296. The van der Waals surface area contributed by atoms with E-state index in [4.69, 9.17) is 4.74 Å². The third-order valence-electron chi connectivity index (χ3n) is 6.26. The van der Waals surface area contributed by atoms with Gasteiger partial charge in [0.25, 0.3) is 5.91 Å². The second-order valence-electron chi connectivity index (χ2n) is 8.37. The number of likely N-dealkylation sites (tertiary alicyclic amines) is 1. The maximum atomic E-state index is 13.2. The second kappa shape index (κ2) is 10.3. The van der Waals surface area contributed by atoms with Crippen molar-refractivity contribution in [3.05, 3.63) is 83.9 Å². The molecule has 6 nitrogen and oxygen atoms in total. The van der Waals surface area contributed by atoms with Crippen LogP contribution in [0.2, 0.25) is 0 Å². The van der Waals surface area contributed by atoms with Crippen molar-refractivity contribution in [2.24, 2.45) is 5.92 Å². The van der Waals surface area contributed by atoms with Crippen molar-refractivity contribution < 1.29 is 19.1 Å². The zero-order valence-corrected chi connectivity index (χ0v) is 18.7. The summed E-state index contributed by atoms with van der Waals surface area (Å²) in [7, 11) is 1.32. The summed E-state index contributed by atoms with van der Waals surface area (Å²) < 4.78 is 4.90. The standard InChI is InChI=1S/C27H28N2O4/c1-33-27(32)24(18-19-8-3-2-4-9-19)28-25(30)21-14-16-29(17-15-21)26(31)23-13-7-11-20-10-5-6-12-22(20)23/h2-13,21,24H,14-18H2,1H3,(H,28,30). The number of carbonyl (C=O) groups excluding carboxylic acids is 3. The molecule has 33 heavy (non-hydrogen) atoms. The Morgan fingerprint density at radius 3 is 2.33 bits per heavy atom. The van der Waals surface area contributed by atoms with Crippen LogP contribution in [-0.2, 0) is 20.7 Å². The number of nitrogens with zero attached hydrogens (tertiary/aromatic N) is 1. The molecule has 1 saturated heterocycles. The molecule has 1 heterocycles. The van der Waals surface area contributed by atoms with Crippen LogP contribution in [0.1, 0.15) is 28.8 Å². The highest BCUT2D eigenvalue weighted by Gasteiger charge is 2.31. The van der Waals surface area contributed by atoms with Crippen molar-refractivity contribution in [3.8, 4) is 0 Å². The topological polar surface area (TPSA) is 75.7 Å². The van der Waals surface area contributed by atoms with Gasteiger partial charge >= 0.3 is 5.97 Å². The monoisotopic (exact) mass is 444 g/mol. The molecule has 0 bridgehead atoms. The minimum Gasteiger partial charge on any atom is -0.467 e. The molecule has 1 fully saturated rings. The molecular formula is C27H28N2O4. The van der Waals surface area contributed by atoms with Crippen molar-refractivity contribution in [1.82, 2.24) is 10.2 Å². The van der Waals surface area contributed by atoms with Crippen LogP contribution in [0.25, 0.3) is 10.8 Å². The number of nitrogens with one attached hydrogen (secondary N) is 1. The Bertz CT molecular complexity index is 1130. The normalized spacial score (nSPS) is 15.1. The highest BCUT2D eigenvalue weighted by molar-refractivity contribution is 6.07. The van der Waals surface area contributed by atoms with Gasteiger partial charge in [0.05, 0.1) is 7.11 Å². The summed E-state index contributed by atoms with van der Waals surface area (Å²) in [6.07, 6.45) is 1.49. The molecule has 4 rings (SSSR count). The van der Waals surface area contributed by atoms with Gasteiger partial charge in [-0.3, -0.25) is 9.59 Å². The summed E-state index contributed by atoms with van der Waals surface area (Å²) in [5.41, 5.74) is 1.63. The van der Waals surface area contributed by atoms with Crippen LogP contribution in [0.4, 0.5) is 0 Å². The fourth-order valence-corrected chi connectivity index (χ4v) is 4.40. The van der Waals surface area contributed by atoms with Crippen molar-refractivity contribution in [1.29, 1.82) is 0 Å². The van der Waals surface area contributed by atoms with Gasteiger partial charge < -0.3 is 15.0 Å². The maximum absolute atomic E-state index is 13.2. The average Bonchev–Trinajstić information content (AvgIpc) is 2.87. The zero-order chi connectivity index (χ0) is 23.2. The Kier molecular flexibility index (Phi) is 7.03. The molecule has 1 aliphatic heterocycles. The van der Waals surface area contributed by atoms with Gasteiger partial charge in [-0.1, -0.05) is 66.7 Å². The predicted octanol–water partition coefficient (Wildman–Crippen LogP) is 3.59. The van der Waals surface area contributed by atoms with Crippen LogP contribution in [0.3, 0.4) is 0 Å². The van der Waals surface area contributed by atoms with Gasteiger partial charge in [-0.25, -0.2) is 4.79 Å². The molecule has 6 heteroatoms. The van der Waals surface area contributed by atoms with Crippen LogP contribution >= 0.6 is 0 Å². The van der Waals surface area contributed by atoms with Crippen LogP contribution < -0.4 is 5.32 Å². The van der Waals surface area contributed by atoms with Gasteiger partial charge in [0, 0.05) is 31.0 Å². The summed E-state index contributed by atoms with van der Waals surface area (Å²) in [6, 6.07) is 22.4. The van der Waals surface area contributed by atoms with Gasteiger partial charge in [0.15, 0.2) is 0 Å². The number of amides is 2. The molecule has 1 atom stereocenters. The van der Waals surface area contributed by atoms with Crippen LogP contribution in [0, 0.1) is 5.92 Å². The molecule has 0 spiro atoms. The first kappa shape index (κ1) is 22.5. The number of benzene rings is 3. The number of fused-ring (bicyclic) bond motifs is 1. The van der Waals surface area contributed by atoms with Crippen molar-refractivity contribution in [2.45, 2.75) is 25.3 Å². The van der Waals surface area contributed by atoms with Gasteiger partial charge in [-0.15, -0.1) is 0 Å². The van der Waals surface area contributed by atoms with Crippen molar-refractivity contribution in [3.63, 3.8) is 0 Å². The summed E-state index contributed by atoms with van der Waals surface area (Å²) in [5.74, 6) is -0.888. The summed E-state index contributed by atoms with van der Waals surface area (Å²) in [5, 5.41) is 4.84. The number of methoxy groups -OCH3 is 1. The van der Waals surface area contributed by atoms with Crippen molar-refractivity contribution >= 4 is 28.6 Å². The highest BCUT2D eigenvalue weighted by Crippen LogP contribution is 2.24. The Hall–Kier alpha value is -3.67. The minimum absolute atomic E-state index is 0.0119. The maximum Gasteiger partial charge on any atom is 0.328 e. The molecule has 0 aromatic heterocycles. The van der Waals surface area contributed by atoms with Crippen molar-refractivity contribution in [2.75, 3.05) is 20.2 Å². The Balaban J connectivity index is 1.38. The average molecular weight is 445 g/mol. The molecule has 3 aromatic rings. The van der Waals surface area contributed by atoms with E-state index in [0.717, 1.165) is 16.3 Å².